The highest BCUT2D eigenvalue weighted by Gasteiger charge is 2.12. The number of anilines is 2. The number of nitrogens with one attached hydrogen (secondary N) is 2. The van der Waals surface area contributed by atoms with Crippen LogP contribution in [0.4, 0.5) is 11.6 Å². The van der Waals surface area contributed by atoms with E-state index in [0.29, 0.717) is 6.54 Å². The maximum Gasteiger partial charge on any atom is 0.134 e. The number of hydrogen-bond acceptors (Lipinski definition) is 5. The Hall–Kier alpha value is -1.36. The van der Waals surface area contributed by atoms with Crippen molar-refractivity contribution in [1.29, 1.82) is 0 Å². The maximum atomic E-state index is 9.76. The van der Waals surface area contributed by atoms with Gasteiger partial charge in [-0.2, -0.15) is 0 Å². The molecule has 0 spiro atoms. The van der Waals surface area contributed by atoms with Gasteiger partial charge in [-0.25, -0.2) is 9.97 Å². The lowest BCUT2D eigenvalue weighted by Crippen LogP contribution is -2.25. The highest BCUT2D eigenvalue weighted by Crippen LogP contribution is 2.19. The van der Waals surface area contributed by atoms with Gasteiger partial charge in [-0.1, -0.05) is 20.8 Å². The average molecular weight is 238 g/mol. The van der Waals surface area contributed by atoms with Gasteiger partial charge in [-0.15, -0.1) is 0 Å². The molecule has 1 unspecified atom stereocenters. The van der Waals surface area contributed by atoms with Gasteiger partial charge in [0.25, 0.3) is 0 Å². The Labute approximate surface area is 103 Å². The van der Waals surface area contributed by atoms with Crippen LogP contribution in [-0.2, 0) is 6.42 Å². The molecule has 0 aliphatic heterocycles. The predicted octanol–water partition coefficient (Wildman–Crippen LogP) is 1.51. The minimum atomic E-state index is -0.368. The van der Waals surface area contributed by atoms with E-state index >= 15 is 0 Å². The molecule has 0 aliphatic rings. The third-order valence-electron chi connectivity index (χ3n) is 2.78. The van der Waals surface area contributed by atoms with Crippen molar-refractivity contribution in [3.05, 3.63) is 11.9 Å². The predicted molar refractivity (Wildman–Crippen MR) is 70.3 cm³/mol. The van der Waals surface area contributed by atoms with E-state index in [4.69, 9.17) is 0 Å². The molecule has 0 saturated heterocycles. The Morgan fingerprint density at radius 3 is 2.47 bits per heavy atom. The van der Waals surface area contributed by atoms with Crippen LogP contribution in [0.3, 0.4) is 0 Å². The number of rotatable bonds is 6. The van der Waals surface area contributed by atoms with Crippen LogP contribution in [0.2, 0.25) is 0 Å². The molecule has 5 nitrogen and oxygen atoms in total. The fourth-order valence-electron chi connectivity index (χ4n) is 1.55. The first-order chi connectivity index (χ1) is 8.10. The molecule has 1 rings (SSSR count). The lowest BCUT2D eigenvalue weighted by molar-refractivity contribution is 0.138. The molecule has 96 valence electrons. The van der Waals surface area contributed by atoms with E-state index in [1.165, 1.54) is 6.33 Å². The van der Waals surface area contributed by atoms with Gasteiger partial charge in [-0.05, 0) is 12.3 Å². The van der Waals surface area contributed by atoms with E-state index < -0.39 is 0 Å². The fraction of sp³-hybridized carbons (Fsp3) is 0.667. The van der Waals surface area contributed by atoms with Gasteiger partial charge in [-0.3, -0.25) is 0 Å². The Morgan fingerprint density at radius 2 is 1.94 bits per heavy atom. The number of hydrogen-bond donors (Lipinski definition) is 3. The third kappa shape index (κ3) is 3.56. The maximum absolute atomic E-state index is 9.76. The molecular formula is C12H22N4O. The van der Waals surface area contributed by atoms with Crippen LogP contribution in [0.1, 0.15) is 26.3 Å². The van der Waals surface area contributed by atoms with Crippen LogP contribution in [0.5, 0.6) is 0 Å². The largest absolute Gasteiger partial charge is 0.391 e. The van der Waals surface area contributed by atoms with E-state index in [1.54, 1.807) is 0 Å². The summed E-state index contributed by atoms with van der Waals surface area (Å²) in [6.07, 6.45) is 2.00. The Kier molecular flexibility index (Phi) is 5.15. The molecular weight excluding hydrogens is 216 g/mol. The van der Waals surface area contributed by atoms with E-state index in [0.717, 1.165) is 23.6 Å². The zero-order chi connectivity index (χ0) is 12.8. The van der Waals surface area contributed by atoms with Crippen molar-refractivity contribution in [2.45, 2.75) is 33.3 Å². The molecule has 1 heterocycles. The van der Waals surface area contributed by atoms with Crippen LogP contribution >= 0.6 is 0 Å². The van der Waals surface area contributed by atoms with E-state index in [2.05, 4.69) is 27.5 Å². The van der Waals surface area contributed by atoms with Crippen molar-refractivity contribution in [1.82, 2.24) is 9.97 Å². The summed E-state index contributed by atoms with van der Waals surface area (Å²) in [5, 5.41) is 16.0. The summed E-state index contributed by atoms with van der Waals surface area (Å²) in [6, 6.07) is 0. The average Bonchev–Trinajstić information content (AvgIpc) is 2.34. The molecule has 1 atom stereocenters. The van der Waals surface area contributed by atoms with Crippen molar-refractivity contribution < 1.29 is 5.11 Å². The van der Waals surface area contributed by atoms with Crippen LogP contribution in [0.15, 0.2) is 6.33 Å². The summed E-state index contributed by atoms with van der Waals surface area (Å²) in [5.74, 6) is 1.87. The molecule has 0 radical (unpaired) electrons. The Balaban J connectivity index is 2.77. The van der Waals surface area contributed by atoms with Crippen LogP contribution in [-0.4, -0.2) is 34.8 Å². The first kappa shape index (κ1) is 13.7. The summed E-state index contributed by atoms with van der Waals surface area (Å²) in [6.45, 7) is 6.55. The standard InChI is InChI=1S/C12H22N4O/c1-5-9-11(13-4)15-7-16-12(9)14-6-10(17)8(2)3/h7-8,10,17H,5-6H2,1-4H3,(H2,13,14,15,16). The highest BCUT2D eigenvalue weighted by molar-refractivity contribution is 5.57. The van der Waals surface area contributed by atoms with Crippen molar-refractivity contribution in [3.8, 4) is 0 Å². The minimum absolute atomic E-state index is 0.234. The number of aromatic nitrogens is 2. The topological polar surface area (TPSA) is 70.1 Å². The van der Waals surface area contributed by atoms with Crippen molar-refractivity contribution >= 4 is 11.6 Å². The van der Waals surface area contributed by atoms with Crippen LogP contribution in [0, 0.1) is 5.92 Å². The first-order valence-corrected chi connectivity index (χ1v) is 6.03. The molecule has 17 heavy (non-hydrogen) atoms. The molecule has 3 N–H and O–H groups in total. The second-order valence-corrected chi connectivity index (χ2v) is 4.35. The second kappa shape index (κ2) is 6.39. The Morgan fingerprint density at radius 1 is 1.29 bits per heavy atom. The first-order valence-electron chi connectivity index (χ1n) is 6.03. The molecule has 0 amide bonds. The molecule has 5 heteroatoms. The van der Waals surface area contributed by atoms with Gasteiger partial charge in [0, 0.05) is 19.2 Å². The smallest absolute Gasteiger partial charge is 0.134 e. The van der Waals surface area contributed by atoms with Gasteiger partial charge in [0.2, 0.25) is 0 Å². The molecule has 0 bridgehead atoms. The SMILES string of the molecule is CCc1c(NC)ncnc1NCC(O)C(C)C. The van der Waals surface area contributed by atoms with Crippen LogP contribution in [0.25, 0.3) is 0 Å². The third-order valence-corrected chi connectivity index (χ3v) is 2.78. The molecule has 0 saturated carbocycles. The lowest BCUT2D eigenvalue weighted by atomic mass is 10.1. The quantitative estimate of drug-likeness (QED) is 0.701. The van der Waals surface area contributed by atoms with Gasteiger partial charge < -0.3 is 15.7 Å². The lowest BCUT2D eigenvalue weighted by Gasteiger charge is -2.17. The molecule has 0 aromatic carbocycles. The summed E-state index contributed by atoms with van der Waals surface area (Å²) >= 11 is 0. The molecule has 0 aliphatic carbocycles. The van der Waals surface area contributed by atoms with Gasteiger partial charge in [0.15, 0.2) is 0 Å². The second-order valence-electron chi connectivity index (χ2n) is 4.35. The summed E-state index contributed by atoms with van der Waals surface area (Å²) in [4.78, 5) is 8.38. The summed E-state index contributed by atoms with van der Waals surface area (Å²) < 4.78 is 0. The number of aliphatic hydroxyl groups is 1. The Bertz CT molecular complexity index is 354. The number of aliphatic hydroxyl groups excluding tert-OH is 1. The van der Waals surface area contributed by atoms with Gasteiger partial charge in [0.05, 0.1) is 6.10 Å². The zero-order valence-electron chi connectivity index (χ0n) is 11.0. The molecule has 1 aromatic heterocycles. The molecule has 1 aromatic rings. The van der Waals surface area contributed by atoms with E-state index in [-0.39, 0.29) is 12.0 Å². The van der Waals surface area contributed by atoms with Gasteiger partial charge >= 0.3 is 0 Å². The summed E-state index contributed by atoms with van der Waals surface area (Å²) in [7, 11) is 1.84. The van der Waals surface area contributed by atoms with Gasteiger partial charge in [0.1, 0.15) is 18.0 Å². The minimum Gasteiger partial charge on any atom is -0.391 e. The van der Waals surface area contributed by atoms with Crippen molar-refractivity contribution in [3.63, 3.8) is 0 Å². The van der Waals surface area contributed by atoms with Crippen molar-refractivity contribution in [2.24, 2.45) is 5.92 Å². The number of nitrogens with zero attached hydrogens (tertiary/aromatic N) is 2. The monoisotopic (exact) mass is 238 g/mol. The normalized spacial score (nSPS) is 12.6. The molecule has 0 fully saturated rings. The van der Waals surface area contributed by atoms with E-state index in [1.807, 2.05) is 20.9 Å². The van der Waals surface area contributed by atoms with Crippen LogP contribution < -0.4 is 10.6 Å². The summed E-state index contributed by atoms with van der Waals surface area (Å²) in [5.41, 5.74) is 1.05. The zero-order valence-corrected chi connectivity index (χ0v) is 11.0. The van der Waals surface area contributed by atoms with Crippen molar-refractivity contribution in [2.75, 3.05) is 24.2 Å². The highest BCUT2D eigenvalue weighted by atomic mass is 16.3. The fourth-order valence-corrected chi connectivity index (χ4v) is 1.55. The van der Waals surface area contributed by atoms with E-state index in [9.17, 15) is 5.11 Å².